The van der Waals surface area contributed by atoms with Gasteiger partial charge in [-0.05, 0) is 55.2 Å². The number of benzene rings is 2. The summed E-state index contributed by atoms with van der Waals surface area (Å²) in [6.07, 6.45) is 3.71. The van der Waals surface area contributed by atoms with Crippen LogP contribution in [-0.2, 0) is 31.1 Å². The quantitative estimate of drug-likeness (QED) is 0.580. The van der Waals surface area contributed by atoms with Gasteiger partial charge in [0.25, 0.3) is 0 Å². The lowest BCUT2D eigenvalue weighted by Crippen LogP contribution is -2.32. The first kappa shape index (κ1) is 24.9. The van der Waals surface area contributed by atoms with Crippen LogP contribution in [0.1, 0.15) is 43.9 Å². The molecule has 0 heterocycles. The average Bonchev–Trinajstić information content (AvgIpc) is 2.70. The normalized spacial score (nSPS) is 12.9. The van der Waals surface area contributed by atoms with E-state index >= 15 is 0 Å². The van der Waals surface area contributed by atoms with E-state index in [9.17, 15) is 21.6 Å². The highest BCUT2D eigenvalue weighted by molar-refractivity contribution is 7.92. The second kappa shape index (κ2) is 10.3. The number of anilines is 1. The molecule has 2 rings (SSSR count). The van der Waals surface area contributed by atoms with Gasteiger partial charge < -0.3 is 5.32 Å². The van der Waals surface area contributed by atoms with Gasteiger partial charge in [0.1, 0.15) is 0 Å². The molecule has 0 radical (unpaired) electrons. The number of carbonyl (C=O) groups excluding carboxylic acids is 1. The lowest BCUT2D eigenvalue weighted by molar-refractivity contribution is -0.121. The van der Waals surface area contributed by atoms with Gasteiger partial charge in [-0.15, -0.1) is 0 Å². The number of amides is 1. The summed E-state index contributed by atoms with van der Waals surface area (Å²) in [6, 6.07) is 13.4. The fraction of sp³-hybridized carbons (Fsp3) is 0.409. The lowest BCUT2D eigenvalue weighted by Gasteiger charge is -2.23. The molecule has 0 spiro atoms. The van der Waals surface area contributed by atoms with E-state index in [-0.39, 0.29) is 29.8 Å². The number of sulfonamides is 1. The van der Waals surface area contributed by atoms with Crippen LogP contribution in [0.5, 0.6) is 0 Å². The molecule has 2 aromatic rings. The molecule has 0 unspecified atom stereocenters. The molecule has 9 heteroatoms. The van der Waals surface area contributed by atoms with E-state index in [1.807, 2.05) is 26.0 Å². The van der Waals surface area contributed by atoms with Crippen molar-refractivity contribution < 1.29 is 21.6 Å². The molecule has 0 fully saturated rings. The molecule has 31 heavy (non-hydrogen) atoms. The molecule has 0 aromatic heterocycles. The minimum absolute atomic E-state index is 0.171. The molecule has 170 valence electrons. The molecule has 0 aliphatic rings. The smallest absolute Gasteiger partial charge is 0.232 e. The van der Waals surface area contributed by atoms with Crippen molar-refractivity contribution in [1.29, 1.82) is 0 Å². The van der Waals surface area contributed by atoms with E-state index in [1.54, 1.807) is 24.3 Å². The van der Waals surface area contributed by atoms with Gasteiger partial charge in [-0.25, -0.2) is 16.8 Å². The summed E-state index contributed by atoms with van der Waals surface area (Å²) in [7, 11) is -6.73. The van der Waals surface area contributed by atoms with Crippen molar-refractivity contribution in [1.82, 2.24) is 5.32 Å². The van der Waals surface area contributed by atoms with Crippen molar-refractivity contribution in [2.45, 2.75) is 44.0 Å². The van der Waals surface area contributed by atoms with Crippen molar-refractivity contribution in [3.63, 3.8) is 0 Å². The molecule has 0 saturated heterocycles. The van der Waals surface area contributed by atoms with Crippen LogP contribution in [0.2, 0.25) is 0 Å². The first-order valence-electron chi connectivity index (χ1n) is 10.1. The Labute approximate surface area is 185 Å². The molecule has 1 N–H and O–H groups in total. The number of hydrogen-bond donors (Lipinski definition) is 1. The zero-order chi connectivity index (χ0) is 23.2. The number of rotatable bonds is 10. The van der Waals surface area contributed by atoms with E-state index < -0.39 is 19.9 Å². The second-order valence-corrected chi connectivity index (χ2v) is 11.5. The van der Waals surface area contributed by atoms with Crippen LogP contribution in [0.4, 0.5) is 5.69 Å². The van der Waals surface area contributed by atoms with Crippen LogP contribution in [-0.4, -0.2) is 41.8 Å². The van der Waals surface area contributed by atoms with Crippen molar-refractivity contribution in [2.24, 2.45) is 0 Å². The number of nitrogens with one attached hydrogen (secondary N) is 1. The highest BCUT2D eigenvalue weighted by Gasteiger charge is 2.18. The van der Waals surface area contributed by atoms with Crippen LogP contribution in [0.3, 0.4) is 0 Å². The maximum absolute atomic E-state index is 12.3. The Kier molecular flexibility index (Phi) is 8.25. The Hall–Kier alpha value is -2.39. The molecule has 0 aliphatic carbocycles. The van der Waals surface area contributed by atoms with Crippen molar-refractivity contribution in [2.75, 3.05) is 23.4 Å². The Morgan fingerprint density at radius 1 is 0.968 bits per heavy atom. The minimum Gasteiger partial charge on any atom is -0.350 e. The fourth-order valence-corrected chi connectivity index (χ4v) is 4.76. The number of hydrogen-bond acceptors (Lipinski definition) is 5. The van der Waals surface area contributed by atoms with Gasteiger partial charge in [-0.1, -0.05) is 31.2 Å². The second-order valence-electron chi connectivity index (χ2n) is 7.59. The minimum atomic E-state index is -3.47. The van der Waals surface area contributed by atoms with Crippen molar-refractivity contribution >= 4 is 31.5 Å². The first-order chi connectivity index (χ1) is 14.4. The molecule has 2 aromatic carbocycles. The molecule has 0 aliphatic heterocycles. The maximum atomic E-state index is 12.3. The summed E-state index contributed by atoms with van der Waals surface area (Å²) in [6.45, 7) is 4.05. The average molecular weight is 467 g/mol. The summed E-state index contributed by atoms with van der Waals surface area (Å²) in [4.78, 5) is 12.6. The highest BCUT2D eigenvalue weighted by atomic mass is 32.2. The predicted molar refractivity (Wildman–Crippen MR) is 123 cm³/mol. The third-order valence-electron chi connectivity index (χ3n) is 4.98. The Morgan fingerprint density at radius 2 is 1.55 bits per heavy atom. The van der Waals surface area contributed by atoms with Gasteiger partial charge in [-0.2, -0.15) is 0 Å². The summed E-state index contributed by atoms with van der Waals surface area (Å²) in [5.41, 5.74) is 2.49. The third-order valence-corrected chi connectivity index (χ3v) is 7.31. The molecule has 7 nitrogen and oxygen atoms in total. The van der Waals surface area contributed by atoms with Crippen LogP contribution in [0, 0.1) is 0 Å². The fourth-order valence-electron chi connectivity index (χ4n) is 3.17. The summed E-state index contributed by atoms with van der Waals surface area (Å²) >= 11 is 0. The van der Waals surface area contributed by atoms with Crippen molar-refractivity contribution in [3.05, 3.63) is 59.7 Å². The number of sulfone groups is 1. The first-order valence-corrected chi connectivity index (χ1v) is 13.8. The van der Waals surface area contributed by atoms with E-state index in [2.05, 4.69) is 5.32 Å². The number of nitrogens with zero attached hydrogens (tertiary/aromatic N) is 1. The number of aryl methyl sites for hydroxylation is 1. The monoisotopic (exact) mass is 466 g/mol. The Morgan fingerprint density at radius 3 is 2.03 bits per heavy atom. The van der Waals surface area contributed by atoms with Crippen LogP contribution < -0.4 is 9.62 Å². The Bertz CT molecular complexity index is 1090. The van der Waals surface area contributed by atoms with Crippen LogP contribution >= 0.6 is 0 Å². The zero-order valence-corrected chi connectivity index (χ0v) is 20.0. The molecule has 0 bridgehead atoms. The van der Waals surface area contributed by atoms with Gasteiger partial charge in [0.15, 0.2) is 9.84 Å². The summed E-state index contributed by atoms with van der Waals surface area (Å²) in [5.74, 6) is -0.200. The van der Waals surface area contributed by atoms with Crippen molar-refractivity contribution in [3.8, 4) is 0 Å². The van der Waals surface area contributed by atoms with Gasteiger partial charge in [0, 0.05) is 19.2 Å². The molecule has 1 atom stereocenters. The summed E-state index contributed by atoms with van der Waals surface area (Å²) < 4.78 is 48.8. The zero-order valence-electron chi connectivity index (χ0n) is 18.3. The molecular weight excluding hydrogens is 436 g/mol. The maximum Gasteiger partial charge on any atom is 0.232 e. The third kappa shape index (κ3) is 7.36. The van der Waals surface area contributed by atoms with E-state index in [4.69, 9.17) is 0 Å². The van der Waals surface area contributed by atoms with Gasteiger partial charge in [0.05, 0.1) is 22.9 Å². The van der Waals surface area contributed by atoms with E-state index in [1.165, 1.54) is 16.4 Å². The van der Waals surface area contributed by atoms with Gasteiger partial charge >= 0.3 is 0 Å². The SMILES string of the molecule is CCc1ccc(N(CCCC(=O)N[C@@H](C)c2ccc(S(C)(=O)=O)cc2)S(C)(=O)=O)cc1. The molecule has 0 saturated carbocycles. The van der Waals surface area contributed by atoms with Crippen LogP contribution in [0.15, 0.2) is 53.4 Å². The van der Waals surface area contributed by atoms with E-state index in [0.717, 1.165) is 30.1 Å². The lowest BCUT2D eigenvalue weighted by atomic mass is 10.1. The summed E-state index contributed by atoms with van der Waals surface area (Å²) in [5, 5.41) is 2.87. The van der Waals surface area contributed by atoms with Gasteiger partial charge in [-0.3, -0.25) is 9.10 Å². The molecular formula is C22H30N2O5S2. The topological polar surface area (TPSA) is 101 Å². The predicted octanol–water partition coefficient (Wildman–Crippen LogP) is 3.08. The standard InChI is InChI=1S/C22H30N2O5S2/c1-5-18-8-12-20(13-9-18)24(31(4,28)29)16-6-7-22(25)23-17(2)19-10-14-21(15-11-19)30(3,26)27/h8-15,17H,5-7,16H2,1-4H3,(H,23,25)/t17-/m0/s1. The van der Waals surface area contributed by atoms with Gasteiger partial charge in [0.2, 0.25) is 15.9 Å². The van der Waals surface area contributed by atoms with E-state index in [0.29, 0.717) is 12.1 Å². The molecule has 1 amide bonds. The van der Waals surface area contributed by atoms with Crippen LogP contribution in [0.25, 0.3) is 0 Å². The Balaban J connectivity index is 1.94. The largest absolute Gasteiger partial charge is 0.350 e. The highest BCUT2D eigenvalue weighted by Crippen LogP contribution is 2.20. The number of carbonyl (C=O) groups is 1.